The Bertz CT molecular complexity index is 407. The molecule has 130 valence electrons. The number of ether oxygens (including phenoxy) is 4. The highest BCUT2D eigenvalue weighted by Crippen LogP contribution is 2.01. The fraction of sp³-hybridized carbons (Fsp3) is 0.611. The van der Waals surface area contributed by atoms with Gasteiger partial charge >= 0.3 is 5.97 Å². The minimum Gasteiger partial charge on any atom is -0.460 e. The summed E-state index contributed by atoms with van der Waals surface area (Å²) < 4.78 is 21.3. The van der Waals surface area contributed by atoms with Gasteiger partial charge in [0.2, 0.25) is 0 Å². The molecule has 23 heavy (non-hydrogen) atoms. The number of carbonyl (C=O) groups is 1. The van der Waals surface area contributed by atoms with Gasteiger partial charge in [-0.15, -0.1) is 0 Å². The van der Waals surface area contributed by atoms with E-state index >= 15 is 0 Å². The summed E-state index contributed by atoms with van der Waals surface area (Å²) in [6.45, 7) is 7.88. The minimum absolute atomic E-state index is 0.242. The highest BCUT2D eigenvalue weighted by molar-refractivity contribution is 5.89. The third kappa shape index (κ3) is 10.0. The third-order valence-corrected chi connectivity index (χ3v) is 3.31. The lowest BCUT2D eigenvalue weighted by Crippen LogP contribution is -2.14. The lowest BCUT2D eigenvalue weighted by molar-refractivity contribution is -0.00299. The zero-order valence-electron chi connectivity index (χ0n) is 14.2. The fourth-order valence-electron chi connectivity index (χ4n) is 1.69. The first-order valence-corrected chi connectivity index (χ1v) is 8.19. The van der Waals surface area contributed by atoms with Gasteiger partial charge in [-0.05, 0) is 18.1 Å². The van der Waals surface area contributed by atoms with E-state index in [-0.39, 0.29) is 12.6 Å². The molecule has 0 aliphatic heterocycles. The van der Waals surface area contributed by atoms with E-state index in [1.54, 1.807) is 24.3 Å². The van der Waals surface area contributed by atoms with Gasteiger partial charge in [-0.1, -0.05) is 38.5 Å². The molecule has 0 saturated heterocycles. The molecule has 0 radical (unpaired) electrons. The van der Waals surface area contributed by atoms with Crippen LogP contribution in [0, 0.1) is 5.92 Å². The maximum absolute atomic E-state index is 11.6. The van der Waals surface area contributed by atoms with E-state index in [0.29, 0.717) is 44.5 Å². The second-order valence-corrected chi connectivity index (χ2v) is 5.32. The van der Waals surface area contributed by atoms with Crippen molar-refractivity contribution in [3.05, 3.63) is 35.9 Å². The summed E-state index contributed by atoms with van der Waals surface area (Å²) in [6.07, 6.45) is 1.13. The van der Waals surface area contributed by atoms with Crippen molar-refractivity contribution in [1.29, 1.82) is 0 Å². The minimum atomic E-state index is -0.330. The zero-order valence-corrected chi connectivity index (χ0v) is 14.2. The average molecular weight is 324 g/mol. The number of benzene rings is 1. The second kappa shape index (κ2) is 13.0. The van der Waals surface area contributed by atoms with Gasteiger partial charge in [0, 0.05) is 6.61 Å². The number of carbonyl (C=O) groups excluding carboxylic acids is 1. The van der Waals surface area contributed by atoms with Crippen LogP contribution in [0.15, 0.2) is 30.3 Å². The van der Waals surface area contributed by atoms with E-state index in [4.69, 9.17) is 18.9 Å². The van der Waals surface area contributed by atoms with Crippen molar-refractivity contribution in [3.8, 4) is 0 Å². The van der Waals surface area contributed by atoms with Crippen molar-refractivity contribution in [2.45, 2.75) is 20.3 Å². The summed E-state index contributed by atoms with van der Waals surface area (Å²) >= 11 is 0. The Morgan fingerprint density at radius 3 is 2.09 bits per heavy atom. The van der Waals surface area contributed by atoms with Gasteiger partial charge in [-0.2, -0.15) is 0 Å². The topological polar surface area (TPSA) is 54.0 Å². The van der Waals surface area contributed by atoms with Crippen molar-refractivity contribution in [2.24, 2.45) is 5.92 Å². The molecule has 0 heterocycles. The molecule has 5 heteroatoms. The predicted molar refractivity (Wildman–Crippen MR) is 88.6 cm³/mol. The van der Waals surface area contributed by atoms with Crippen LogP contribution in [0.1, 0.15) is 30.6 Å². The number of hydrogen-bond donors (Lipinski definition) is 0. The van der Waals surface area contributed by atoms with Gasteiger partial charge in [-0.25, -0.2) is 4.79 Å². The molecule has 1 atom stereocenters. The summed E-state index contributed by atoms with van der Waals surface area (Å²) in [5.74, 6) is 0.265. The summed E-state index contributed by atoms with van der Waals surface area (Å²) in [6, 6.07) is 8.91. The van der Waals surface area contributed by atoms with Crippen molar-refractivity contribution in [1.82, 2.24) is 0 Å². The molecule has 1 rings (SSSR count). The Morgan fingerprint density at radius 1 is 0.913 bits per heavy atom. The molecule has 1 aromatic rings. The quantitative estimate of drug-likeness (QED) is 0.412. The van der Waals surface area contributed by atoms with Gasteiger partial charge in [-0.3, -0.25) is 0 Å². The highest BCUT2D eigenvalue weighted by atomic mass is 16.6. The molecular weight excluding hydrogens is 296 g/mol. The van der Waals surface area contributed by atoms with Crippen LogP contribution in [-0.2, 0) is 18.9 Å². The average Bonchev–Trinajstić information content (AvgIpc) is 2.59. The van der Waals surface area contributed by atoms with Crippen LogP contribution in [0.5, 0.6) is 0 Å². The smallest absolute Gasteiger partial charge is 0.338 e. The monoisotopic (exact) mass is 324 g/mol. The van der Waals surface area contributed by atoms with Crippen LogP contribution >= 0.6 is 0 Å². The summed E-state index contributed by atoms with van der Waals surface area (Å²) in [5.41, 5.74) is 0.549. The van der Waals surface area contributed by atoms with E-state index in [9.17, 15) is 4.79 Å². The van der Waals surface area contributed by atoms with Gasteiger partial charge in [0.1, 0.15) is 6.61 Å². The highest BCUT2D eigenvalue weighted by Gasteiger charge is 2.04. The van der Waals surface area contributed by atoms with E-state index in [2.05, 4.69) is 13.8 Å². The first-order chi connectivity index (χ1) is 11.2. The largest absolute Gasteiger partial charge is 0.460 e. The molecular formula is C18H28O5. The molecule has 0 amide bonds. The molecule has 0 spiro atoms. The van der Waals surface area contributed by atoms with Gasteiger partial charge in [0.15, 0.2) is 0 Å². The maximum atomic E-state index is 11.6. The lowest BCUT2D eigenvalue weighted by Gasteiger charge is -2.10. The molecule has 0 N–H and O–H groups in total. The zero-order chi connectivity index (χ0) is 16.8. The predicted octanol–water partition coefficient (Wildman–Crippen LogP) is 2.94. The Kier molecular flexibility index (Phi) is 11.1. The second-order valence-electron chi connectivity index (χ2n) is 5.32. The van der Waals surface area contributed by atoms with Crippen LogP contribution in [0.4, 0.5) is 0 Å². The lowest BCUT2D eigenvalue weighted by atomic mass is 10.1. The van der Waals surface area contributed by atoms with Gasteiger partial charge < -0.3 is 18.9 Å². The van der Waals surface area contributed by atoms with Crippen LogP contribution in [0.2, 0.25) is 0 Å². The Morgan fingerprint density at radius 2 is 1.48 bits per heavy atom. The summed E-state index contributed by atoms with van der Waals surface area (Å²) in [4.78, 5) is 11.6. The molecule has 0 bridgehead atoms. The van der Waals surface area contributed by atoms with Crippen molar-refractivity contribution < 1.29 is 23.7 Å². The van der Waals surface area contributed by atoms with E-state index < -0.39 is 0 Å². The summed E-state index contributed by atoms with van der Waals surface area (Å²) in [7, 11) is 0. The SMILES string of the molecule is CCC(C)COCCOCCOCCOC(=O)c1ccccc1. The van der Waals surface area contributed by atoms with E-state index in [0.717, 1.165) is 13.0 Å². The molecule has 5 nitrogen and oxygen atoms in total. The van der Waals surface area contributed by atoms with Crippen LogP contribution in [-0.4, -0.2) is 52.2 Å². The Labute approximate surface area is 138 Å². The van der Waals surface area contributed by atoms with E-state index in [1.807, 2.05) is 6.07 Å². The number of hydrogen-bond acceptors (Lipinski definition) is 5. The molecule has 0 saturated carbocycles. The van der Waals surface area contributed by atoms with Crippen molar-refractivity contribution in [2.75, 3.05) is 46.2 Å². The molecule has 1 unspecified atom stereocenters. The molecule has 1 aromatic carbocycles. The van der Waals surface area contributed by atoms with Crippen LogP contribution in [0.3, 0.4) is 0 Å². The first-order valence-electron chi connectivity index (χ1n) is 8.19. The van der Waals surface area contributed by atoms with E-state index in [1.165, 1.54) is 0 Å². The van der Waals surface area contributed by atoms with Gasteiger partial charge in [0.25, 0.3) is 0 Å². The third-order valence-electron chi connectivity index (χ3n) is 3.31. The Balaban J connectivity index is 1.86. The van der Waals surface area contributed by atoms with Crippen molar-refractivity contribution in [3.63, 3.8) is 0 Å². The maximum Gasteiger partial charge on any atom is 0.338 e. The Hall–Kier alpha value is -1.43. The normalized spacial score (nSPS) is 12.1. The number of esters is 1. The standard InChI is InChI=1S/C18H28O5/c1-3-16(2)15-22-12-11-20-9-10-21-13-14-23-18(19)17-7-5-4-6-8-17/h4-8,16H,3,9-15H2,1-2H3. The van der Waals surface area contributed by atoms with Gasteiger partial charge in [0.05, 0.1) is 38.6 Å². The number of rotatable bonds is 13. The van der Waals surface area contributed by atoms with Crippen LogP contribution in [0.25, 0.3) is 0 Å². The molecule has 0 aliphatic carbocycles. The summed E-state index contributed by atoms with van der Waals surface area (Å²) in [5, 5.41) is 0. The molecule has 0 fully saturated rings. The van der Waals surface area contributed by atoms with Crippen molar-refractivity contribution >= 4 is 5.97 Å². The molecule has 0 aliphatic rings. The molecule has 0 aromatic heterocycles. The fourth-order valence-corrected chi connectivity index (χ4v) is 1.69. The van der Waals surface area contributed by atoms with Crippen LogP contribution < -0.4 is 0 Å². The first kappa shape index (κ1) is 19.6.